The van der Waals surface area contributed by atoms with Crippen molar-refractivity contribution in [1.82, 2.24) is 0 Å². The van der Waals surface area contributed by atoms with Crippen molar-refractivity contribution in [2.45, 2.75) is 6.04 Å². The molecule has 12 heavy (non-hydrogen) atoms. The number of hydrogen-bond acceptors (Lipinski definition) is 3. The lowest BCUT2D eigenvalue weighted by atomic mass is 10.1. The topological polar surface area (TPSA) is 35.2 Å². The SMILES string of the molecule is COc1ccccc1C(N)CS. The molecule has 1 aromatic rings. The Morgan fingerprint density at radius 3 is 2.75 bits per heavy atom. The molecule has 0 fully saturated rings. The Balaban J connectivity index is 2.96. The Bertz CT molecular complexity index is 252. The molecule has 0 spiro atoms. The van der Waals surface area contributed by atoms with E-state index in [1.165, 1.54) is 0 Å². The molecule has 0 saturated carbocycles. The van der Waals surface area contributed by atoms with E-state index in [2.05, 4.69) is 12.6 Å². The smallest absolute Gasteiger partial charge is 0.123 e. The Morgan fingerprint density at radius 1 is 1.50 bits per heavy atom. The first-order valence-electron chi connectivity index (χ1n) is 3.79. The molecule has 0 saturated heterocycles. The molecule has 1 rings (SSSR count). The minimum absolute atomic E-state index is 0.0514. The summed E-state index contributed by atoms with van der Waals surface area (Å²) in [4.78, 5) is 0. The average Bonchev–Trinajstić information content (AvgIpc) is 2.16. The van der Waals surface area contributed by atoms with Gasteiger partial charge in [0.2, 0.25) is 0 Å². The van der Waals surface area contributed by atoms with E-state index in [0.29, 0.717) is 5.75 Å². The monoisotopic (exact) mass is 183 g/mol. The third-order valence-electron chi connectivity index (χ3n) is 1.74. The van der Waals surface area contributed by atoms with Crippen LogP contribution in [0.2, 0.25) is 0 Å². The van der Waals surface area contributed by atoms with Crippen molar-refractivity contribution < 1.29 is 4.74 Å². The molecule has 0 amide bonds. The normalized spacial score (nSPS) is 12.6. The van der Waals surface area contributed by atoms with Crippen LogP contribution in [0.5, 0.6) is 5.75 Å². The summed E-state index contributed by atoms with van der Waals surface area (Å²) in [6.45, 7) is 0. The van der Waals surface area contributed by atoms with Crippen molar-refractivity contribution in [1.29, 1.82) is 0 Å². The molecule has 0 aromatic heterocycles. The van der Waals surface area contributed by atoms with E-state index in [1.54, 1.807) is 7.11 Å². The Morgan fingerprint density at radius 2 is 2.17 bits per heavy atom. The largest absolute Gasteiger partial charge is 0.496 e. The van der Waals surface area contributed by atoms with Crippen molar-refractivity contribution in [2.75, 3.05) is 12.9 Å². The predicted molar refractivity (Wildman–Crippen MR) is 53.8 cm³/mol. The summed E-state index contributed by atoms with van der Waals surface area (Å²) < 4.78 is 5.15. The molecular formula is C9H13NOS. The van der Waals surface area contributed by atoms with E-state index in [4.69, 9.17) is 10.5 Å². The third kappa shape index (κ3) is 1.93. The number of nitrogens with two attached hydrogens (primary N) is 1. The van der Waals surface area contributed by atoms with Crippen molar-refractivity contribution in [3.63, 3.8) is 0 Å². The predicted octanol–water partition coefficient (Wildman–Crippen LogP) is 1.62. The summed E-state index contributed by atoms with van der Waals surface area (Å²) in [6.07, 6.45) is 0. The van der Waals surface area contributed by atoms with E-state index >= 15 is 0 Å². The van der Waals surface area contributed by atoms with Gasteiger partial charge in [-0.25, -0.2) is 0 Å². The fourth-order valence-corrected chi connectivity index (χ4v) is 1.27. The molecule has 2 N–H and O–H groups in total. The molecule has 66 valence electrons. The lowest BCUT2D eigenvalue weighted by Gasteiger charge is -2.12. The van der Waals surface area contributed by atoms with Crippen LogP contribution < -0.4 is 10.5 Å². The lowest BCUT2D eigenvalue weighted by Crippen LogP contribution is -2.12. The van der Waals surface area contributed by atoms with Crippen molar-refractivity contribution in [3.05, 3.63) is 29.8 Å². The van der Waals surface area contributed by atoms with E-state index < -0.39 is 0 Å². The van der Waals surface area contributed by atoms with Crippen LogP contribution in [-0.2, 0) is 0 Å². The second-order valence-corrected chi connectivity index (χ2v) is 2.90. The van der Waals surface area contributed by atoms with Crippen LogP contribution in [-0.4, -0.2) is 12.9 Å². The summed E-state index contributed by atoms with van der Waals surface area (Å²) in [5, 5.41) is 0. The van der Waals surface area contributed by atoms with E-state index in [9.17, 15) is 0 Å². The van der Waals surface area contributed by atoms with Gasteiger partial charge in [0.15, 0.2) is 0 Å². The highest BCUT2D eigenvalue weighted by Crippen LogP contribution is 2.23. The van der Waals surface area contributed by atoms with Crippen LogP contribution in [0, 0.1) is 0 Å². The van der Waals surface area contributed by atoms with E-state index in [1.807, 2.05) is 24.3 Å². The van der Waals surface area contributed by atoms with Crippen LogP contribution in [0.25, 0.3) is 0 Å². The molecule has 2 nitrogen and oxygen atoms in total. The van der Waals surface area contributed by atoms with Gasteiger partial charge in [0.05, 0.1) is 7.11 Å². The summed E-state index contributed by atoms with van der Waals surface area (Å²) in [6, 6.07) is 7.68. The van der Waals surface area contributed by atoms with Gasteiger partial charge in [-0.1, -0.05) is 18.2 Å². The quantitative estimate of drug-likeness (QED) is 0.698. The molecule has 0 aliphatic heterocycles. The fourth-order valence-electron chi connectivity index (χ4n) is 1.07. The van der Waals surface area contributed by atoms with E-state index in [-0.39, 0.29) is 6.04 Å². The molecule has 0 radical (unpaired) electrons. The summed E-state index contributed by atoms with van der Waals surface area (Å²) in [7, 11) is 1.64. The van der Waals surface area contributed by atoms with Gasteiger partial charge < -0.3 is 10.5 Å². The maximum Gasteiger partial charge on any atom is 0.123 e. The first-order valence-corrected chi connectivity index (χ1v) is 4.42. The van der Waals surface area contributed by atoms with Gasteiger partial charge in [-0.05, 0) is 6.07 Å². The Hall–Kier alpha value is -0.670. The molecule has 0 heterocycles. The van der Waals surface area contributed by atoms with Gasteiger partial charge in [0.1, 0.15) is 5.75 Å². The molecular weight excluding hydrogens is 170 g/mol. The first kappa shape index (κ1) is 9.42. The maximum absolute atomic E-state index is 5.81. The number of para-hydroxylation sites is 1. The number of thiol groups is 1. The zero-order valence-electron chi connectivity index (χ0n) is 7.03. The minimum Gasteiger partial charge on any atom is -0.496 e. The van der Waals surface area contributed by atoms with Crippen LogP contribution >= 0.6 is 12.6 Å². The molecule has 0 aliphatic rings. The molecule has 1 atom stereocenters. The Labute approximate surface area is 78.1 Å². The molecule has 3 heteroatoms. The highest BCUT2D eigenvalue weighted by atomic mass is 32.1. The zero-order chi connectivity index (χ0) is 8.97. The molecule has 0 aliphatic carbocycles. The van der Waals surface area contributed by atoms with Crippen LogP contribution in [0.1, 0.15) is 11.6 Å². The van der Waals surface area contributed by atoms with Gasteiger partial charge >= 0.3 is 0 Å². The van der Waals surface area contributed by atoms with Crippen molar-refractivity contribution in [2.24, 2.45) is 5.73 Å². The van der Waals surface area contributed by atoms with Crippen LogP contribution in [0.3, 0.4) is 0 Å². The Kier molecular flexibility index (Phi) is 3.44. The highest BCUT2D eigenvalue weighted by molar-refractivity contribution is 7.80. The molecule has 0 bridgehead atoms. The average molecular weight is 183 g/mol. The second kappa shape index (κ2) is 4.38. The highest BCUT2D eigenvalue weighted by Gasteiger charge is 2.08. The number of ether oxygens (including phenoxy) is 1. The van der Waals surface area contributed by atoms with Crippen LogP contribution in [0.4, 0.5) is 0 Å². The van der Waals surface area contributed by atoms with Crippen LogP contribution in [0.15, 0.2) is 24.3 Å². The molecule has 1 unspecified atom stereocenters. The van der Waals surface area contributed by atoms with Gasteiger partial charge in [0.25, 0.3) is 0 Å². The van der Waals surface area contributed by atoms with Gasteiger partial charge in [-0.3, -0.25) is 0 Å². The standard InChI is InChI=1S/C9H13NOS/c1-11-9-5-3-2-4-7(9)8(10)6-12/h2-5,8,12H,6,10H2,1H3. The third-order valence-corrected chi connectivity index (χ3v) is 2.13. The number of methoxy groups -OCH3 is 1. The van der Waals surface area contributed by atoms with Gasteiger partial charge in [-0.2, -0.15) is 12.6 Å². The van der Waals surface area contributed by atoms with Gasteiger partial charge in [0, 0.05) is 17.4 Å². The van der Waals surface area contributed by atoms with Gasteiger partial charge in [-0.15, -0.1) is 0 Å². The summed E-state index contributed by atoms with van der Waals surface area (Å²) >= 11 is 4.13. The fraction of sp³-hybridized carbons (Fsp3) is 0.333. The number of hydrogen-bond donors (Lipinski definition) is 2. The number of rotatable bonds is 3. The van der Waals surface area contributed by atoms with E-state index in [0.717, 1.165) is 11.3 Å². The second-order valence-electron chi connectivity index (χ2n) is 2.53. The first-order chi connectivity index (χ1) is 5.79. The molecule has 1 aromatic carbocycles. The van der Waals surface area contributed by atoms with Crippen molar-refractivity contribution in [3.8, 4) is 5.75 Å². The maximum atomic E-state index is 5.81. The summed E-state index contributed by atoms with van der Waals surface area (Å²) in [5.74, 6) is 1.46. The summed E-state index contributed by atoms with van der Waals surface area (Å²) in [5.41, 5.74) is 6.82. The zero-order valence-corrected chi connectivity index (χ0v) is 7.92. The minimum atomic E-state index is -0.0514. The lowest BCUT2D eigenvalue weighted by molar-refractivity contribution is 0.407. The number of benzene rings is 1. The van der Waals surface area contributed by atoms with Crippen molar-refractivity contribution >= 4 is 12.6 Å².